The first-order valence-corrected chi connectivity index (χ1v) is 4.83. The van der Waals surface area contributed by atoms with Crippen molar-refractivity contribution < 1.29 is 29.3 Å². The number of rotatable bonds is 7. The van der Waals surface area contributed by atoms with Gasteiger partial charge in [-0.2, -0.15) is 0 Å². The number of carbonyl (C=O) groups excluding carboxylic acids is 1. The van der Waals surface area contributed by atoms with Crippen LogP contribution in [0.15, 0.2) is 0 Å². The Bertz CT molecular complexity index is 293. The molecule has 0 rings (SSSR count). The fourth-order valence-electron chi connectivity index (χ4n) is 0.964. The van der Waals surface area contributed by atoms with E-state index in [2.05, 4.69) is 5.32 Å². The number of nitrogens with zero attached hydrogens (tertiary/aromatic N) is 1. The Morgan fingerprint density at radius 1 is 1.35 bits per heavy atom. The predicted octanol–water partition coefficient (Wildman–Crippen LogP) is -0.798. The third-order valence-electron chi connectivity index (χ3n) is 1.95. The molecule has 0 aliphatic carbocycles. The van der Waals surface area contributed by atoms with Gasteiger partial charge in [-0.25, -0.2) is 9.59 Å². The highest BCUT2D eigenvalue weighted by molar-refractivity contribution is 5.86. The van der Waals surface area contributed by atoms with Crippen molar-refractivity contribution in [2.75, 3.05) is 27.3 Å². The van der Waals surface area contributed by atoms with Crippen molar-refractivity contribution >= 4 is 18.0 Å². The Balaban J connectivity index is 4.29. The second-order valence-corrected chi connectivity index (χ2v) is 3.35. The zero-order chi connectivity index (χ0) is 13.4. The molecule has 2 amide bonds. The van der Waals surface area contributed by atoms with Crippen LogP contribution in [-0.2, 0) is 14.3 Å². The molecule has 0 bridgehead atoms. The molecule has 0 unspecified atom stereocenters. The molecule has 0 radical (unpaired) electrons. The van der Waals surface area contributed by atoms with Gasteiger partial charge >= 0.3 is 18.0 Å². The SMILES string of the molecule is COCCN(C)C(=O)N[C@H](CC(=O)O)C(=O)O. The zero-order valence-corrected chi connectivity index (χ0v) is 9.67. The van der Waals surface area contributed by atoms with E-state index in [-0.39, 0.29) is 6.54 Å². The average molecular weight is 248 g/mol. The number of methoxy groups -OCH3 is 1. The van der Waals surface area contributed by atoms with Gasteiger partial charge in [0.25, 0.3) is 0 Å². The fourth-order valence-corrected chi connectivity index (χ4v) is 0.964. The minimum atomic E-state index is -1.44. The molecule has 8 nitrogen and oxygen atoms in total. The summed E-state index contributed by atoms with van der Waals surface area (Å²) < 4.78 is 4.75. The van der Waals surface area contributed by atoms with Crippen LogP contribution in [0.1, 0.15) is 6.42 Å². The van der Waals surface area contributed by atoms with Crippen molar-refractivity contribution in [3.05, 3.63) is 0 Å². The van der Waals surface area contributed by atoms with Gasteiger partial charge in [-0.15, -0.1) is 0 Å². The maximum absolute atomic E-state index is 11.4. The summed E-state index contributed by atoms with van der Waals surface area (Å²) in [4.78, 5) is 33.7. The minimum Gasteiger partial charge on any atom is -0.481 e. The summed E-state index contributed by atoms with van der Waals surface area (Å²) in [6.45, 7) is 0.586. The maximum atomic E-state index is 11.4. The van der Waals surface area contributed by atoms with E-state index in [1.165, 1.54) is 19.1 Å². The van der Waals surface area contributed by atoms with Crippen LogP contribution in [0, 0.1) is 0 Å². The van der Waals surface area contributed by atoms with Gasteiger partial charge in [0, 0.05) is 20.7 Å². The van der Waals surface area contributed by atoms with Crippen LogP contribution in [0.4, 0.5) is 4.79 Å². The molecular formula is C9H16N2O6. The molecule has 0 aromatic rings. The normalized spacial score (nSPS) is 11.6. The number of urea groups is 1. The lowest BCUT2D eigenvalue weighted by atomic mass is 10.2. The molecule has 98 valence electrons. The van der Waals surface area contributed by atoms with E-state index < -0.39 is 30.4 Å². The summed E-state index contributed by atoms with van der Waals surface area (Å²) in [6.07, 6.45) is -0.667. The van der Waals surface area contributed by atoms with Gasteiger partial charge in [-0.05, 0) is 0 Å². The average Bonchev–Trinajstić information content (AvgIpc) is 2.23. The standard InChI is InChI=1S/C9H16N2O6/c1-11(3-4-17-2)9(16)10-6(8(14)15)5-7(12)13/h6H,3-5H2,1-2H3,(H,10,16)(H,12,13)(H,14,15)/t6-/m1/s1. The fraction of sp³-hybridized carbons (Fsp3) is 0.667. The first kappa shape index (κ1) is 15.2. The third kappa shape index (κ3) is 6.36. The number of ether oxygens (including phenoxy) is 1. The van der Waals surface area contributed by atoms with Crippen molar-refractivity contribution in [3.8, 4) is 0 Å². The molecule has 3 N–H and O–H groups in total. The monoisotopic (exact) mass is 248 g/mol. The molecule has 0 spiro atoms. The summed E-state index contributed by atoms with van der Waals surface area (Å²) in [5.41, 5.74) is 0. The Labute approximate surface area is 98.2 Å². The minimum absolute atomic E-state index is 0.280. The number of carboxylic acid groups (broad SMARTS) is 2. The van der Waals surface area contributed by atoms with E-state index in [0.29, 0.717) is 6.61 Å². The van der Waals surface area contributed by atoms with E-state index >= 15 is 0 Å². The van der Waals surface area contributed by atoms with Crippen LogP contribution >= 0.6 is 0 Å². The summed E-state index contributed by atoms with van der Waals surface area (Å²) in [7, 11) is 2.92. The number of carbonyl (C=O) groups is 3. The summed E-state index contributed by atoms with van der Waals surface area (Å²) >= 11 is 0. The van der Waals surface area contributed by atoms with Gasteiger partial charge in [0.15, 0.2) is 0 Å². The third-order valence-corrected chi connectivity index (χ3v) is 1.95. The van der Waals surface area contributed by atoms with Crippen molar-refractivity contribution in [3.63, 3.8) is 0 Å². The Hall–Kier alpha value is -1.83. The Morgan fingerprint density at radius 2 is 1.94 bits per heavy atom. The van der Waals surface area contributed by atoms with Crippen LogP contribution in [0.3, 0.4) is 0 Å². The second kappa shape index (κ2) is 7.44. The van der Waals surface area contributed by atoms with Crippen LogP contribution < -0.4 is 5.32 Å². The predicted molar refractivity (Wildman–Crippen MR) is 56.7 cm³/mol. The quantitative estimate of drug-likeness (QED) is 0.543. The molecule has 0 saturated heterocycles. The molecule has 0 aliphatic rings. The number of carboxylic acids is 2. The second-order valence-electron chi connectivity index (χ2n) is 3.35. The number of likely N-dealkylation sites (N-methyl/N-ethyl adjacent to an activating group) is 1. The van der Waals surface area contributed by atoms with Gasteiger partial charge in [0.05, 0.1) is 13.0 Å². The highest BCUT2D eigenvalue weighted by Gasteiger charge is 2.24. The Kier molecular flexibility index (Phi) is 6.64. The van der Waals surface area contributed by atoms with Crippen molar-refractivity contribution in [1.29, 1.82) is 0 Å². The molecule has 0 saturated carbocycles. The number of hydrogen-bond acceptors (Lipinski definition) is 4. The molecular weight excluding hydrogens is 232 g/mol. The van der Waals surface area contributed by atoms with E-state index in [0.717, 1.165) is 0 Å². The van der Waals surface area contributed by atoms with E-state index in [9.17, 15) is 14.4 Å². The van der Waals surface area contributed by atoms with Crippen LogP contribution in [0.25, 0.3) is 0 Å². The summed E-state index contributed by atoms with van der Waals surface area (Å²) in [5, 5.41) is 19.3. The highest BCUT2D eigenvalue weighted by atomic mass is 16.5. The molecule has 17 heavy (non-hydrogen) atoms. The first-order chi connectivity index (χ1) is 7.88. The lowest BCUT2D eigenvalue weighted by Crippen LogP contribution is -2.48. The number of amides is 2. The van der Waals surface area contributed by atoms with E-state index in [1.54, 1.807) is 0 Å². The maximum Gasteiger partial charge on any atom is 0.326 e. The molecule has 8 heteroatoms. The molecule has 0 heterocycles. The van der Waals surface area contributed by atoms with Crippen molar-refractivity contribution in [2.45, 2.75) is 12.5 Å². The van der Waals surface area contributed by atoms with Gasteiger partial charge in [0.1, 0.15) is 6.04 Å². The number of aliphatic carboxylic acids is 2. The Morgan fingerprint density at radius 3 is 2.35 bits per heavy atom. The molecule has 0 aromatic heterocycles. The van der Waals surface area contributed by atoms with E-state index in [4.69, 9.17) is 14.9 Å². The largest absolute Gasteiger partial charge is 0.481 e. The highest BCUT2D eigenvalue weighted by Crippen LogP contribution is 1.95. The van der Waals surface area contributed by atoms with Crippen LogP contribution in [0.5, 0.6) is 0 Å². The lowest BCUT2D eigenvalue weighted by Gasteiger charge is -2.20. The number of nitrogens with one attached hydrogen (secondary N) is 1. The van der Waals surface area contributed by atoms with Gasteiger partial charge in [0.2, 0.25) is 0 Å². The molecule has 0 aliphatic heterocycles. The summed E-state index contributed by atoms with van der Waals surface area (Å²) in [6, 6.07) is -2.10. The topological polar surface area (TPSA) is 116 Å². The van der Waals surface area contributed by atoms with Gasteiger partial charge in [-0.1, -0.05) is 0 Å². The van der Waals surface area contributed by atoms with Crippen LogP contribution in [0.2, 0.25) is 0 Å². The van der Waals surface area contributed by atoms with E-state index in [1.807, 2.05) is 0 Å². The number of hydrogen-bond donors (Lipinski definition) is 3. The molecule has 1 atom stereocenters. The summed E-state index contributed by atoms with van der Waals surface area (Å²) in [5.74, 6) is -2.68. The van der Waals surface area contributed by atoms with Crippen molar-refractivity contribution in [2.24, 2.45) is 0 Å². The van der Waals surface area contributed by atoms with Gasteiger partial charge in [-0.3, -0.25) is 4.79 Å². The zero-order valence-electron chi connectivity index (χ0n) is 9.67. The molecule has 0 fully saturated rings. The van der Waals surface area contributed by atoms with Crippen molar-refractivity contribution in [1.82, 2.24) is 10.2 Å². The molecule has 0 aromatic carbocycles. The van der Waals surface area contributed by atoms with Crippen LogP contribution in [-0.4, -0.2) is 66.4 Å². The first-order valence-electron chi connectivity index (χ1n) is 4.83. The lowest BCUT2D eigenvalue weighted by molar-refractivity contribution is -0.145. The smallest absolute Gasteiger partial charge is 0.326 e. The van der Waals surface area contributed by atoms with Gasteiger partial charge < -0.3 is 25.2 Å².